The molecule has 3 N–H and O–H groups in total. The van der Waals surface area contributed by atoms with Gasteiger partial charge in [-0.05, 0) is 51.3 Å². The van der Waals surface area contributed by atoms with Crippen molar-refractivity contribution in [2.75, 3.05) is 31.6 Å². The van der Waals surface area contributed by atoms with Crippen LogP contribution < -0.4 is 10.6 Å². The van der Waals surface area contributed by atoms with Crippen LogP contribution in [0.3, 0.4) is 0 Å². The van der Waals surface area contributed by atoms with Gasteiger partial charge in [-0.15, -0.1) is 0 Å². The van der Waals surface area contributed by atoms with Crippen LogP contribution in [0.25, 0.3) is 0 Å². The average molecular weight is 445 g/mol. The SMILES string of the molecule is CC(C)(C)OC(=O)N1CCCC(NCc2ccc(NC3=CC(=O)N(CCO)C3=O)cc2)C1. The van der Waals surface area contributed by atoms with Gasteiger partial charge in [-0.25, -0.2) is 4.79 Å². The number of carbonyl (C=O) groups is 3. The zero-order valence-electron chi connectivity index (χ0n) is 18.9. The lowest BCUT2D eigenvalue weighted by Crippen LogP contribution is -2.49. The first kappa shape index (κ1) is 23.7. The summed E-state index contributed by atoms with van der Waals surface area (Å²) < 4.78 is 5.48. The highest BCUT2D eigenvalue weighted by atomic mass is 16.6. The molecule has 0 bridgehead atoms. The second-order valence-electron chi connectivity index (χ2n) is 9.04. The van der Waals surface area contributed by atoms with Crippen molar-refractivity contribution in [2.24, 2.45) is 0 Å². The predicted octanol–water partition coefficient (Wildman–Crippen LogP) is 1.83. The Balaban J connectivity index is 1.49. The molecule has 1 atom stereocenters. The molecule has 32 heavy (non-hydrogen) atoms. The van der Waals surface area contributed by atoms with E-state index in [0.29, 0.717) is 25.3 Å². The van der Waals surface area contributed by atoms with E-state index in [1.165, 1.54) is 6.08 Å². The first-order valence-electron chi connectivity index (χ1n) is 10.9. The fourth-order valence-corrected chi connectivity index (χ4v) is 3.67. The summed E-state index contributed by atoms with van der Waals surface area (Å²) in [4.78, 5) is 39.1. The second kappa shape index (κ2) is 10.1. The molecule has 0 radical (unpaired) electrons. The molecule has 1 aromatic carbocycles. The Bertz CT molecular complexity index is 875. The molecular weight excluding hydrogens is 412 g/mol. The number of imide groups is 1. The lowest BCUT2D eigenvalue weighted by atomic mass is 10.1. The molecule has 2 aliphatic rings. The Kier molecular flexibility index (Phi) is 7.52. The van der Waals surface area contributed by atoms with E-state index in [-0.39, 0.29) is 31.0 Å². The van der Waals surface area contributed by atoms with Crippen molar-refractivity contribution < 1.29 is 24.2 Å². The van der Waals surface area contributed by atoms with Gasteiger partial charge in [-0.2, -0.15) is 0 Å². The number of nitrogens with zero attached hydrogens (tertiary/aromatic N) is 2. The van der Waals surface area contributed by atoms with E-state index < -0.39 is 17.4 Å². The first-order chi connectivity index (χ1) is 15.2. The summed E-state index contributed by atoms with van der Waals surface area (Å²) in [5.74, 6) is -0.873. The van der Waals surface area contributed by atoms with Gasteiger partial charge in [0.1, 0.15) is 11.3 Å². The third-order valence-electron chi connectivity index (χ3n) is 5.23. The van der Waals surface area contributed by atoms with Crippen LogP contribution in [0, 0.1) is 0 Å². The highest BCUT2D eigenvalue weighted by Gasteiger charge is 2.30. The summed E-state index contributed by atoms with van der Waals surface area (Å²) in [6.07, 6.45) is 2.89. The largest absolute Gasteiger partial charge is 0.444 e. The third kappa shape index (κ3) is 6.30. The number of amides is 3. The molecular formula is C23H32N4O5. The van der Waals surface area contributed by atoms with Crippen molar-refractivity contribution in [2.45, 2.75) is 51.8 Å². The van der Waals surface area contributed by atoms with Crippen molar-refractivity contribution in [3.8, 4) is 0 Å². The smallest absolute Gasteiger partial charge is 0.410 e. The number of β-amino-alcohol motifs (C(OH)–C–C–N with tert-alkyl or cyclic N) is 1. The summed E-state index contributed by atoms with van der Waals surface area (Å²) >= 11 is 0. The Labute approximate surface area is 188 Å². The number of piperidine rings is 1. The molecule has 2 heterocycles. The molecule has 1 aromatic rings. The number of rotatable bonds is 7. The minimum absolute atomic E-state index is 0.0174. The van der Waals surface area contributed by atoms with Crippen LogP contribution in [0.1, 0.15) is 39.2 Å². The number of carbonyl (C=O) groups excluding carboxylic acids is 3. The number of aliphatic hydroxyl groups is 1. The van der Waals surface area contributed by atoms with Crippen molar-refractivity contribution in [1.82, 2.24) is 15.1 Å². The summed E-state index contributed by atoms with van der Waals surface area (Å²) in [6, 6.07) is 7.77. The van der Waals surface area contributed by atoms with Crippen molar-refractivity contribution in [3.63, 3.8) is 0 Å². The molecule has 1 saturated heterocycles. The Morgan fingerprint density at radius 3 is 2.59 bits per heavy atom. The number of anilines is 1. The molecule has 9 nitrogen and oxygen atoms in total. The molecule has 174 valence electrons. The Hall–Kier alpha value is -2.91. The lowest BCUT2D eigenvalue weighted by molar-refractivity contribution is -0.137. The Morgan fingerprint density at radius 1 is 1.22 bits per heavy atom. The minimum Gasteiger partial charge on any atom is -0.444 e. The van der Waals surface area contributed by atoms with Gasteiger partial charge in [0.05, 0.1) is 13.2 Å². The van der Waals surface area contributed by atoms with Gasteiger partial charge < -0.3 is 25.4 Å². The second-order valence-corrected chi connectivity index (χ2v) is 9.04. The monoisotopic (exact) mass is 444 g/mol. The standard InChI is InChI=1S/C23H32N4O5/c1-23(2,3)32-22(31)26-10-4-5-18(15-26)24-14-16-6-8-17(9-7-16)25-19-13-20(29)27(11-12-28)21(19)30/h6-9,13,18,24-25,28H,4-5,10-12,14-15H2,1-3H3. The van der Waals surface area contributed by atoms with Crippen LogP contribution in [0.5, 0.6) is 0 Å². The fourth-order valence-electron chi connectivity index (χ4n) is 3.67. The summed E-state index contributed by atoms with van der Waals surface area (Å²) in [6.45, 7) is 7.29. The van der Waals surface area contributed by atoms with Gasteiger partial charge in [-0.3, -0.25) is 14.5 Å². The van der Waals surface area contributed by atoms with Gasteiger partial charge >= 0.3 is 6.09 Å². The molecule has 0 spiro atoms. The summed E-state index contributed by atoms with van der Waals surface area (Å²) in [5, 5.41) is 15.4. The Morgan fingerprint density at radius 2 is 1.94 bits per heavy atom. The van der Waals surface area contributed by atoms with Gasteiger partial charge in [0.2, 0.25) is 0 Å². The maximum Gasteiger partial charge on any atom is 0.410 e. The summed E-state index contributed by atoms with van der Waals surface area (Å²) in [5.41, 5.74) is 1.45. The first-order valence-corrected chi connectivity index (χ1v) is 10.9. The molecule has 2 aliphatic heterocycles. The molecule has 0 aromatic heterocycles. The molecule has 0 saturated carbocycles. The fraction of sp³-hybridized carbons (Fsp3) is 0.522. The zero-order chi connectivity index (χ0) is 23.3. The highest BCUT2D eigenvalue weighted by Crippen LogP contribution is 2.19. The minimum atomic E-state index is -0.503. The van der Waals surface area contributed by atoms with Crippen LogP contribution in [0.4, 0.5) is 10.5 Å². The van der Waals surface area contributed by atoms with Crippen LogP contribution in [-0.4, -0.2) is 70.7 Å². The predicted molar refractivity (Wildman–Crippen MR) is 120 cm³/mol. The maximum absolute atomic E-state index is 12.3. The number of aliphatic hydroxyl groups excluding tert-OH is 1. The average Bonchev–Trinajstić information content (AvgIpc) is 3.00. The topological polar surface area (TPSA) is 111 Å². The van der Waals surface area contributed by atoms with E-state index in [1.54, 1.807) is 4.90 Å². The van der Waals surface area contributed by atoms with Crippen molar-refractivity contribution >= 4 is 23.6 Å². The number of likely N-dealkylation sites (tertiary alicyclic amines) is 1. The molecule has 1 unspecified atom stereocenters. The highest BCUT2D eigenvalue weighted by molar-refractivity contribution is 6.17. The van der Waals surface area contributed by atoms with E-state index in [1.807, 2.05) is 45.0 Å². The number of hydrogen-bond acceptors (Lipinski definition) is 7. The molecule has 1 fully saturated rings. The van der Waals surface area contributed by atoms with Gasteiger partial charge in [0.15, 0.2) is 0 Å². The molecule has 3 amide bonds. The zero-order valence-corrected chi connectivity index (χ0v) is 18.9. The normalized spacial score (nSPS) is 19.2. The number of nitrogens with one attached hydrogen (secondary N) is 2. The van der Waals surface area contributed by atoms with Crippen LogP contribution >= 0.6 is 0 Å². The van der Waals surface area contributed by atoms with E-state index in [2.05, 4.69) is 10.6 Å². The van der Waals surface area contributed by atoms with E-state index in [4.69, 9.17) is 9.84 Å². The van der Waals surface area contributed by atoms with Gasteiger partial charge in [0, 0.05) is 37.4 Å². The van der Waals surface area contributed by atoms with Crippen LogP contribution in [0.2, 0.25) is 0 Å². The van der Waals surface area contributed by atoms with Crippen LogP contribution in [-0.2, 0) is 20.9 Å². The van der Waals surface area contributed by atoms with Crippen molar-refractivity contribution in [3.05, 3.63) is 41.6 Å². The van der Waals surface area contributed by atoms with Crippen LogP contribution in [0.15, 0.2) is 36.0 Å². The lowest BCUT2D eigenvalue weighted by Gasteiger charge is -2.34. The van der Waals surface area contributed by atoms with E-state index in [0.717, 1.165) is 23.3 Å². The quantitative estimate of drug-likeness (QED) is 0.550. The van der Waals surface area contributed by atoms with E-state index in [9.17, 15) is 14.4 Å². The molecule has 3 rings (SSSR count). The van der Waals surface area contributed by atoms with Gasteiger partial charge in [0.25, 0.3) is 11.8 Å². The van der Waals surface area contributed by atoms with Gasteiger partial charge in [-0.1, -0.05) is 12.1 Å². The molecule has 0 aliphatic carbocycles. The number of hydrogen-bond donors (Lipinski definition) is 3. The van der Waals surface area contributed by atoms with Crippen molar-refractivity contribution in [1.29, 1.82) is 0 Å². The molecule has 9 heteroatoms. The number of ether oxygens (including phenoxy) is 1. The maximum atomic E-state index is 12.3. The summed E-state index contributed by atoms with van der Waals surface area (Å²) in [7, 11) is 0. The van der Waals surface area contributed by atoms with E-state index >= 15 is 0 Å². The number of benzene rings is 1. The third-order valence-corrected chi connectivity index (χ3v) is 5.23.